The van der Waals surface area contributed by atoms with Crippen LogP contribution < -0.4 is 0 Å². The van der Waals surface area contributed by atoms with E-state index in [2.05, 4.69) is 53.8 Å². The summed E-state index contributed by atoms with van der Waals surface area (Å²) in [5, 5.41) is 8.63. The van der Waals surface area contributed by atoms with Crippen molar-refractivity contribution in [3.8, 4) is 0 Å². The molecule has 7 heteroatoms. The molecule has 2 aromatic rings. The minimum atomic E-state index is -1.61. The molecule has 0 fully saturated rings. The number of aromatic amines is 2. The van der Waals surface area contributed by atoms with E-state index < -0.39 is 8.32 Å². The van der Waals surface area contributed by atoms with E-state index in [-0.39, 0.29) is 11.6 Å². The second-order valence-corrected chi connectivity index (χ2v) is 11.2. The minimum Gasteiger partial charge on any atom is -0.411 e. The maximum Gasteiger partial charge on any atom is 0.192 e. The lowest BCUT2D eigenvalue weighted by Gasteiger charge is -2.35. The van der Waals surface area contributed by atoms with Crippen molar-refractivity contribution in [3.05, 3.63) is 36.4 Å². The Morgan fingerprint density at radius 1 is 1.10 bits per heavy atom. The summed E-state index contributed by atoms with van der Waals surface area (Å²) in [7, 11) is -1.61. The highest BCUT2D eigenvalue weighted by Gasteiger charge is 2.37. The first-order chi connectivity index (χ1) is 9.76. The van der Waals surface area contributed by atoms with Gasteiger partial charge in [0.05, 0.1) is 49.6 Å². The predicted molar refractivity (Wildman–Crippen MR) is 85.1 cm³/mol. The summed E-state index contributed by atoms with van der Waals surface area (Å²) >= 11 is 0. The third kappa shape index (κ3) is 5.82. The molecule has 0 saturated heterocycles. The SMILES string of the molecule is CC(C)(C)[Si](C)(C)OCc1cnc[nH]1.OCc1cnc[nH]1. The Balaban J connectivity index is 0.000000262. The molecular weight excluding hydrogens is 284 g/mol. The fourth-order valence-electron chi connectivity index (χ4n) is 1.21. The summed E-state index contributed by atoms with van der Waals surface area (Å²) in [5.41, 5.74) is 1.80. The van der Waals surface area contributed by atoms with E-state index in [1.54, 1.807) is 12.5 Å². The smallest absolute Gasteiger partial charge is 0.192 e. The van der Waals surface area contributed by atoms with Crippen LogP contribution in [0.4, 0.5) is 0 Å². The fourth-order valence-corrected chi connectivity index (χ4v) is 2.16. The van der Waals surface area contributed by atoms with Gasteiger partial charge >= 0.3 is 0 Å². The Bertz CT molecular complexity index is 490. The van der Waals surface area contributed by atoms with Gasteiger partial charge in [0.1, 0.15) is 0 Å². The summed E-state index contributed by atoms with van der Waals surface area (Å²) in [6.07, 6.45) is 6.61. The van der Waals surface area contributed by atoms with Gasteiger partial charge in [-0.25, -0.2) is 9.97 Å². The van der Waals surface area contributed by atoms with Gasteiger partial charge in [0, 0.05) is 0 Å². The number of aromatic nitrogens is 4. The lowest BCUT2D eigenvalue weighted by molar-refractivity contribution is 0.272. The zero-order chi connectivity index (χ0) is 15.9. The van der Waals surface area contributed by atoms with Gasteiger partial charge in [-0.15, -0.1) is 0 Å². The van der Waals surface area contributed by atoms with Crippen molar-refractivity contribution in [1.82, 2.24) is 19.9 Å². The maximum atomic E-state index is 8.36. The maximum absolute atomic E-state index is 8.36. The highest BCUT2D eigenvalue weighted by Crippen LogP contribution is 2.36. The number of nitrogens with zero attached hydrogens (tertiary/aromatic N) is 2. The van der Waals surface area contributed by atoms with Crippen LogP contribution in [-0.2, 0) is 17.6 Å². The number of nitrogens with one attached hydrogen (secondary N) is 2. The van der Waals surface area contributed by atoms with Crippen LogP contribution in [0.1, 0.15) is 32.2 Å². The molecule has 0 aliphatic heterocycles. The van der Waals surface area contributed by atoms with Crippen molar-refractivity contribution in [2.45, 2.75) is 52.1 Å². The van der Waals surface area contributed by atoms with Gasteiger partial charge in [0.15, 0.2) is 8.32 Å². The average Bonchev–Trinajstić information content (AvgIpc) is 3.09. The average molecular weight is 310 g/mol. The molecule has 2 rings (SSSR count). The Labute approximate surface area is 127 Å². The third-order valence-electron chi connectivity index (χ3n) is 3.67. The van der Waals surface area contributed by atoms with Crippen LogP contribution in [0.5, 0.6) is 0 Å². The van der Waals surface area contributed by atoms with Crippen LogP contribution in [0.25, 0.3) is 0 Å². The molecule has 6 nitrogen and oxygen atoms in total. The minimum absolute atomic E-state index is 0.0417. The van der Waals surface area contributed by atoms with E-state index in [4.69, 9.17) is 9.53 Å². The van der Waals surface area contributed by atoms with Gasteiger partial charge in [-0.05, 0) is 18.1 Å². The molecule has 0 unspecified atom stereocenters. The van der Waals surface area contributed by atoms with E-state index in [0.29, 0.717) is 6.61 Å². The van der Waals surface area contributed by atoms with E-state index in [0.717, 1.165) is 11.4 Å². The van der Waals surface area contributed by atoms with Crippen molar-refractivity contribution >= 4 is 8.32 Å². The highest BCUT2D eigenvalue weighted by atomic mass is 28.4. The van der Waals surface area contributed by atoms with Crippen LogP contribution in [-0.4, -0.2) is 33.4 Å². The van der Waals surface area contributed by atoms with Gasteiger partial charge in [0.2, 0.25) is 0 Å². The predicted octanol–water partition coefficient (Wildman–Crippen LogP) is 2.83. The molecule has 0 atom stereocenters. The van der Waals surface area contributed by atoms with Gasteiger partial charge in [-0.1, -0.05) is 20.8 Å². The molecule has 0 aromatic carbocycles. The standard InChI is InChI=1S/C10H20N2OSi.C4H6N2O/c1-10(2,3)14(4,5)13-7-9-6-11-8-12-9;7-2-4-1-5-3-6-4/h6,8H,7H2,1-5H3,(H,11,12);1,3,7H,2H2,(H,5,6). The molecule has 0 aliphatic carbocycles. The second-order valence-electron chi connectivity index (χ2n) is 6.36. The van der Waals surface area contributed by atoms with Crippen molar-refractivity contribution in [3.63, 3.8) is 0 Å². The number of aliphatic hydroxyl groups is 1. The second kappa shape index (κ2) is 7.53. The molecule has 118 valence electrons. The highest BCUT2D eigenvalue weighted by molar-refractivity contribution is 6.74. The Morgan fingerprint density at radius 2 is 1.62 bits per heavy atom. The number of rotatable bonds is 4. The first-order valence-corrected chi connectivity index (χ1v) is 9.86. The van der Waals surface area contributed by atoms with Crippen molar-refractivity contribution in [2.75, 3.05) is 0 Å². The molecule has 0 spiro atoms. The van der Waals surface area contributed by atoms with Gasteiger partial charge in [-0.2, -0.15) is 0 Å². The molecule has 0 bridgehead atoms. The molecule has 0 aliphatic rings. The molecule has 0 saturated carbocycles. The molecule has 0 radical (unpaired) electrons. The number of H-pyrrole nitrogens is 2. The summed E-state index contributed by atoms with van der Waals surface area (Å²) in [4.78, 5) is 13.4. The van der Waals surface area contributed by atoms with E-state index in [1.807, 2.05) is 6.20 Å². The van der Waals surface area contributed by atoms with Crippen LogP contribution in [0.3, 0.4) is 0 Å². The molecule has 0 amide bonds. The normalized spacial score (nSPS) is 11.9. The van der Waals surface area contributed by atoms with Crippen LogP contribution in [0.15, 0.2) is 25.0 Å². The van der Waals surface area contributed by atoms with Gasteiger partial charge < -0.3 is 19.5 Å². The lowest BCUT2D eigenvalue weighted by Crippen LogP contribution is -2.40. The monoisotopic (exact) mass is 310 g/mol. The topological polar surface area (TPSA) is 86.8 Å². The first kappa shape index (κ1) is 17.6. The molecule has 3 N–H and O–H groups in total. The first-order valence-electron chi connectivity index (χ1n) is 6.95. The summed E-state index contributed by atoms with van der Waals surface area (Å²) in [6, 6.07) is 0. The fraction of sp³-hybridized carbons (Fsp3) is 0.571. The van der Waals surface area contributed by atoms with Crippen molar-refractivity contribution < 1.29 is 9.53 Å². The quantitative estimate of drug-likeness (QED) is 0.758. The Hall–Kier alpha value is -1.44. The molecule has 21 heavy (non-hydrogen) atoms. The van der Waals surface area contributed by atoms with Gasteiger partial charge in [0.25, 0.3) is 0 Å². The summed E-state index contributed by atoms with van der Waals surface area (Å²) in [5.74, 6) is 0. The van der Waals surface area contributed by atoms with Crippen LogP contribution in [0.2, 0.25) is 18.1 Å². The summed E-state index contributed by atoms with van der Waals surface area (Å²) < 4.78 is 6.01. The molecule has 2 aromatic heterocycles. The zero-order valence-electron chi connectivity index (χ0n) is 13.5. The van der Waals surface area contributed by atoms with E-state index in [1.165, 1.54) is 6.33 Å². The zero-order valence-corrected chi connectivity index (χ0v) is 14.5. The Kier molecular flexibility index (Phi) is 6.32. The number of aliphatic hydroxyl groups excluding tert-OH is 1. The van der Waals surface area contributed by atoms with Gasteiger partial charge in [-0.3, -0.25) is 0 Å². The van der Waals surface area contributed by atoms with Crippen LogP contribution in [0, 0.1) is 0 Å². The van der Waals surface area contributed by atoms with Crippen LogP contribution >= 0.6 is 0 Å². The molecular formula is C14H26N4O2Si. The third-order valence-corrected chi connectivity index (χ3v) is 8.15. The number of hydrogen-bond donors (Lipinski definition) is 3. The Morgan fingerprint density at radius 3 is 1.95 bits per heavy atom. The summed E-state index contributed by atoms with van der Waals surface area (Å²) in [6.45, 7) is 11.9. The lowest BCUT2D eigenvalue weighted by atomic mass is 10.2. The number of imidazole rings is 2. The van der Waals surface area contributed by atoms with E-state index in [9.17, 15) is 0 Å². The van der Waals surface area contributed by atoms with Crippen molar-refractivity contribution in [1.29, 1.82) is 0 Å². The molecule has 2 heterocycles. The number of hydrogen-bond acceptors (Lipinski definition) is 4. The van der Waals surface area contributed by atoms with E-state index >= 15 is 0 Å². The largest absolute Gasteiger partial charge is 0.411 e. The van der Waals surface area contributed by atoms with Crippen molar-refractivity contribution in [2.24, 2.45) is 0 Å².